The second-order valence-electron chi connectivity index (χ2n) is 8.31. The number of hydrogen-bond acceptors (Lipinski definition) is 6. The maximum Gasteiger partial charge on any atom is 0.243 e. The number of carbonyl (C=O) groups is 1. The molecule has 180 valence electrons. The third-order valence-electron chi connectivity index (χ3n) is 5.96. The van der Waals surface area contributed by atoms with Gasteiger partial charge in [-0.3, -0.25) is 4.79 Å². The van der Waals surface area contributed by atoms with Crippen molar-refractivity contribution >= 4 is 21.6 Å². The molecule has 3 rings (SSSR count). The summed E-state index contributed by atoms with van der Waals surface area (Å²) in [6.07, 6.45) is 0.888. The third kappa shape index (κ3) is 5.09. The molecule has 0 radical (unpaired) electrons. The molecule has 2 aromatic rings. The Labute approximate surface area is 195 Å². The number of piperidine rings is 1. The molecule has 33 heavy (non-hydrogen) atoms. The zero-order valence-electron chi connectivity index (χ0n) is 20.0. The number of ether oxygens (including phenoxy) is 3. The van der Waals surface area contributed by atoms with Crippen LogP contribution in [-0.4, -0.2) is 53.0 Å². The Bertz CT molecular complexity index is 1090. The van der Waals surface area contributed by atoms with Crippen LogP contribution in [0.3, 0.4) is 0 Å². The van der Waals surface area contributed by atoms with Crippen LogP contribution in [0.1, 0.15) is 29.5 Å². The Balaban J connectivity index is 1.71. The van der Waals surface area contributed by atoms with Crippen LogP contribution in [0.5, 0.6) is 17.2 Å². The van der Waals surface area contributed by atoms with Gasteiger partial charge < -0.3 is 19.5 Å². The molecule has 1 aliphatic heterocycles. The minimum absolute atomic E-state index is 0.163. The Kier molecular flexibility index (Phi) is 7.54. The van der Waals surface area contributed by atoms with Crippen LogP contribution >= 0.6 is 0 Å². The molecule has 0 aromatic heterocycles. The molecule has 1 aliphatic rings. The van der Waals surface area contributed by atoms with E-state index >= 15 is 0 Å². The van der Waals surface area contributed by atoms with Crippen molar-refractivity contribution in [2.75, 3.05) is 39.7 Å². The van der Waals surface area contributed by atoms with E-state index in [-0.39, 0.29) is 11.8 Å². The summed E-state index contributed by atoms with van der Waals surface area (Å²) in [6, 6.07) is 7.11. The van der Waals surface area contributed by atoms with E-state index in [1.807, 2.05) is 32.9 Å². The van der Waals surface area contributed by atoms with E-state index in [0.717, 1.165) is 16.7 Å². The van der Waals surface area contributed by atoms with Gasteiger partial charge in [0.15, 0.2) is 11.5 Å². The van der Waals surface area contributed by atoms with E-state index in [1.54, 1.807) is 12.1 Å². The van der Waals surface area contributed by atoms with Crippen LogP contribution in [0.15, 0.2) is 29.2 Å². The molecular formula is C24H32N2O6S. The number of nitrogens with one attached hydrogen (secondary N) is 1. The predicted molar refractivity (Wildman–Crippen MR) is 127 cm³/mol. The zero-order valence-corrected chi connectivity index (χ0v) is 20.8. The van der Waals surface area contributed by atoms with Gasteiger partial charge in [0, 0.05) is 36.8 Å². The van der Waals surface area contributed by atoms with Gasteiger partial charge in [0.1, 0.15) is 0 Å². The first-order chi connectivity index (χ1) is 15.6. The van der Waals surface area contributed by atoms with Gasteiger partial charge >= 0.3 is 0 Å². The van der Waals surface area contributed by atoms with E-state index in [2.05, 4.69) is 5.32 Å². The summed E-state index contributed by atoms with van der Waals surface area (Å²) in [5, 5.41) is 2.90. The molecule has 9 heteroatoms. The minimum Gasteiger partial charge on any atom is -0.493 e. The number of carbonyl (C=O) groups excluding carboxylic acids is 1. The molecular weight excluding hydrogens is 444 g/mol. The van der Waals surface area contributed by atoms with Gasteiger partial charge in [0.05, 0.1) is 26.2 Å². The number of methoxy groups -OCH3 is 3. The number of amides is 1. The van der Waals surface area contributed by atoms with Crippen molar-refractivity contribution in [1.29, 1.82) is 0 Å². The van der Waals surface area contributed by atoms with Gasteiger partial charge in [-0.15, -0.1) is 0 Å². The van der Waals surface area contributed by atoms with Gasteiger partial charge in [-0.2, -0.15) is 4.31 Å². The highest BCUT2D eigenvalue weighted by Crippen LogP contribution is 2.40. The number of benzene rings is 2. The minimum atomic E-state index is -3.62. The summed E-state index contributed by atoms with van der Waals surface area (Å²) < 4.78 is 44.1. The Morgan fingerprint density at radius 3 is 1.88 bits per heavy atom. The highest BCUT2D eigenvalue weighted by Gasteiger charge is 2.34. The van der Waals surface area contributed by atoms with E-state index < -0.39 is 10.0 Å². The lowest BCUT2D eigenvalue weighted by molar-refractivity contribution is -0.120. The van der Waals surface area contributed by atoms with Crippen LogP contribution in [0.25, 0.3) is 0 Å². The van der Waals surface area contributed by atoms with Crippen molar-refractivity contribution in [2.24, 2.45) is 5.92 Å². The van der Waals surface area contributed by atoms with Crippen LogP contribution < -0.4 is 19.5 Å². The van der Waals surface area contributed by atoms with Gasteiger partial charge in [-0.1, -0.05) is 17.7 Å². The van der Waals surface area contributed by atoms with Crippen LogP contribution in [0.4, 0.5) is 5.69 Å². The normalized spacial score (nSPS) is 15.2. The number of anilines is 1. The van der Waals surface area contributed by atoms with E-state index in [1.165, 1.54) is 25.6 Å². The SMILES string of the molecule is COc1cc(NC(=O)C2CCN(S(=O)(=O)c3c(C)cc(C)cc3C)CC2)cc(OC)c1OC. The predicted octanol–water partition coefficient (Wildman–Crippen LogP) is 3.68. The highest BCUT2D eigenvalue weighted by atomic mass is 32.2. The van der Waals surface area contributed by atoms with Gasteiger partial charge in [0.25, 0.3) is 0 Å². The summed E-state index contributed by atoms with van der Waals surface area (Å²) in [5.74, 6) is 0.867. The monoisotopic (exact) mass is 476 g/mol. The van der Waals surface area contributed by atoms with Crippen molar-refractivity contribution < 1.29 is 27.4 Å². The number of nitrogens with zero attached hydrogens (tertiary/aromatic N) is 1. The van der Waals surface area contributed by atoms with Gasteiger partial charge in [-0.05, 0) is 44.7 Å². The van der Waals surface area contributed by atoms with E-state index in [4.69, 9.17) is 14.2 Å². The molecule has 1 amide bonds. The molecule has 1 saturated heterocycles. The molecule has 0 saturated carbocycles. The molecule has 2 aromatic carbocycles. The quantitative estimate of drug-likeness (QED) is 0.655. The van der Waals surface area contributed by atoms with Gasteiger partial charge in [-0.25, -0.2) is 8.42 Å². The molecule has 1 N–H and O–H groups in total. The summed E-state index contributed by atoms with van der Waals surface area (Å²) in [6.45, 7) is 6.19. The number of sulfonamides is 1. The second kappa shape index (κ2) is 10.0. The standard InChI is InChI=1S/C24H32N2O6S/c1-15-11-16(2)23(17(3)12-15)33(28,29)26-9-7-18(8-10-26)24(27)25-19-13-20(30-4)22(32-6)21(14-19)31-5/h11-14,18H,7-10H2,1-6H3,(H,25,27). The van der Waals surface area contributed by atoms with Crippen LogP contribution in [-0.2, 0) is 14.8 Å². The molecule has 0 spiro atoms. The van der Waals surface area contributed by atoms with Crippen molar-refractivity contribution in [3.8, 4) is 17.2 Å². The van der Waals surface area contributed by atoms with Crippen molar-refractivity contribution in [3.05, 3.63) is 41.0 Å². The van der Waals surface area contributed by atoms with Crippen LogP contribution in [0, 0.1) is 26.7 Å². The topological polar surface area (TPSA) is 94.2 Å². The molecule has 1 heterocycles. The Morgan fingerprint density at radius 2 is 1.42 bits per heavy atom. The van der Waals surface area contributed by atoms with Crippen molar-refractivity contribution in [2.45, 2.75) is 38.5 Å². The first-order valence-electron chi connectivity index (χ1n) is 10.8. The molecule has 1 fully saturated rings. The second-order valence-corrected chi connectivity index (χ2v) is 10.2. The molecule has 0 atom stereocenters. The van der Waals surface area contributed by atoms with Crippen molar-refractivity contribution in [3.63, 3.8) is 0 Å². The summed E-state index contributed by atoms with van der Waals surface area (Å²) in [4.78, 5) is 13.3. The summed E-state index contributed by atoms with van der Waals surface area (Å²) in [7, 11) is 0.916. The fraction of sp³-hybridized carbons (Fsp3) is 0.458. The lowest BCUT2D eigenvalue weighted by Crippen LogP contribution is -2.41. The maximum atomic E-state index is 13.3. The molecule has 0 bridgehead atoms. The third-order valence-corrected chi connectivity index (χ3v) is 8.16. The van der Waals surface area contributed by atoms with E-state index in [0.29, 0.717) is 53.8 Å². The van der Waals surface area contributed by atoms with E-state index in [9.17, 15) is 13.2 Å². The average Bonchev–Trinajstić information content (AvgIpc) is 2.77. The zero-order chi connectivity index (χ0) is 24.3. The number of aryl methyl sites for hydroxylation is 3. The highest BCUT2D eigenvalue weighted by molar-refractivity contribution is 7.89. The van der Waals surface area contributed by atoms with Gasteiger partial charge in [0.2, 0.25) is 21.7 Å². The van der Waals surface area contributed by atoms with Crippen molar-refractivity contribution in [1.82, 2.24) is 4.31 Å². The fourth-order valence-corrected chi connectivity index (χ4v) is 6.34. The first kappa shape index (κ1) is 24.9. The first-order valence-corrected chi connectivity index (χ1v) is 12.2. The summed E-state index contributed by atoms with van der Waals surface area (Å²) in [5.41, 5.74) is 3.05. The average molecular weight is 477 g/mol. The smallest absolute Gasteiger partial charge is 0.243 e. The lowest BCUT2D eigenvalue weighted by Gasteiger charge is -2.31. The molecule has 0 unspecified atom stereocenters. The molecule has 0 aliphatic carbocycles. The Morgan fingerprint density at radius 1 is 0.909 bits per heavy atom. The lowest BCUT2D eigenvalue weighted by atomic mass is 9.97. The number of hydrogen-bond donors (Lipinski definition) is 1. The van der Waals surface area contributed by atoms with Crippen LogP contribution in [0.2, 0.25) is 0 Å². The summed E-state index contributed by atoms with van der Waals surface area (Å²) >= 11 is 0. The molecule has 8 nitrogen and oxygen atoms in total. The largest absolute Gasteiger partial charge is 0.493 e. The number of rotatable bonds is 7. The maximum absolute atomic E-state index is 13.3. The fourth-order valence-electron chi connectivity index (χ4n) is 4.46. The Hall–Kier alpha value is -2.78.